The van der Waals surface area contributed by atoms with Crippen molar-refractivity contribution in [3.8, 4) is 0 Å². The molecule has 0 aromatic rings. The van der Waals surface area contributed by atoms with Gasteiger partial charge in [-0.05, 0) is 39.0 Å². The summed E-state index contributed by atoms with van der Waals surface area (Å²) in [5.74, 6) is 0. The molecule has 2 aliphatic rings. The molecule has 0 radical (unpaired) electrons. The third kappa shape index (κ3) is 1.00. The lowest BCUT2D eigenvalue weighted by Crippen LogP contribution is -2.40. The number of hydrogen-bond acceptors (Lipinski definition) is 2. The summed E-state index contributed by atoms with van der Waals surface area (Å²) >= 11 is 0. The predicted molar refractivity (Wildman–Crippen MR) is 41.4 cm³/mol. The largest absolute Gasteiger partial charge is 0.361 e. The Kier molecular flexibility index (Phi) is 1.37. The molecule has 62 valence electrons. The van der Waals surface area contributed by atoms with Crippen LogP contribution in [-0.2, 0) is 9.53 Å². The molecule has 2 rings (SSSR count). The number of hydrogen-bond donors (Lipinski definition) is 0. The summed E-state index contributed by atoms with van der Waals surface area (Å²) in [6, 6.07) is 0. The molecule has 0 N–H and O–H groups in total. The van der Waals surface area contributed by atoms with E-state index in [1.807, 2.05) is 6.92 Å². The Bertz CT molecular complexity index is 184. The zero-order valence-corrected chi connectivity index (χ0v) is 6.93. The highest BCUT2D eigenvalue weighted by Gasteiger charge is 2.49. The van der Waals surface area contributed by atoms with Gasteiger partial charge < -0.3 is 9.53 Å². The van der Waals surface area contributed by atoms with E-state index in [1.54, 1.807) is 0 Å². The van der Waals surface area contributed by atoms with E-state index in [0.29, 0.717) is 0 Å². The number of rotatable bonds is 1. The molecule has 0 amide bonds. The fourth-order valence-electron chi connectivity index (χ4n) is 2.08. The maximum absolute atomic E-state index is 10.6. The molecular formula is C9H14O2. The first-order valence-corrected chi connectivity index (χ1v) is 4.35. The van der Waals surface area contributed by atoms with E-state index in [2.05, 4.69) is 0 Å². The van der Waals surface area contributed by atoms with Crippen LogP contribution in [0.15, 0.2) is 0 Å². The first kappa shape index (κ1) is 7.29. The van der Waals surface area contributed by atoms with Crippen molar-refractivity contribution in [3.05, 3.63) is 0 Å². The lowest BCUT2D eigenvalue weighted by molar-refractivity contribution is -0.150. The van der Waals surface area contributed by atoms with E-state index in [4.69, 9.17) is 4.74 Å². The summed E-state index contributed by atoms with van der Waals surface area (Å²) in [5.41, 5.74) is -0.337. The van der Waals surface area contributed by atoms with Gasteiger partial charge in [-0.15, -0.1) is 0 Å². The van der Waals surface area contributed by atoms with Gasteiger partial charge in [0.25, 0.3) is 0 Å². The monoisotopic (exact) mass is 154 g/mol. The number of carbonyl (C=O) groups excluding carboxylic acids is 1. The Balaban J connectivity index is 2.08. The molecule has 0 aromatic heterocycles. The molecule has 0 aromatic carbocycles. The normalized spacial score (nSPS) is 40.5. The van der Waals surface area contributed by atoms with Crippen LogP contribution >= 0.6 is 0 Å². The fourth-order valence-corrected chi connectivity index (χ4v) is 2.08. The second kappa shape index (κ2) is 2.07. The smallest absolute Gasteiger partial charge is 0.151 e. The van der Waals surface area contributed by atoms with E-state index < -0.39 is 5.60 Å². The van der Waals surface area contributed by atoms with Crippen LogP contribution in [0.2, 0.25) is 0 Å². The molecule has 11 heavy (non-hydrogen) atoms. The van der Waals surface area contributed by atoms with E-state index in [-0.39, 0.29) is 5.60 Å². The molecule has 1 unspecified atom stereocenters. The molecule has 1 aliphatic carbocycles. The summed E-state index contributed by atoms with van der Waals surface area (Å²) < 4.78 is 5.75. The highest BCUT2D eigenvalue weighted by molar-refractivity contribution is 5.62. The summed E-state index contributed by atoms with van der Waals surface area (Å²) in [6.45, 7) is 1.90. The molecule has 1 saturated carbocycles. The van der Waals surface area contributed by atoms with Gasteiger partial charge in [-0.2, -0.15) is 0 Å². The maximum Gasteiger partial charge on any atom is 0.151 e. The first-order chi connectivity index (χ1) is 5.18. The van der Waals surface area contributed by atoms with E-state index >= 15 is 0 Å². The van der Waals surface area contributed by atoms with Crippen LogP contribution in [0.3, 0.4) is 0 Å². The van der Waals surface area contributed by atoms with Crippen molar-refractivity contribution < 1.29 is 9.53 Å². The van der Waals surface area contributed by atoms with Crippen molar-refractivity contribution in [2.24, 2.45) is 0 Å². The highest BCUT2D eigenvalue weighted by atomic mass is 16.5. The second-order valence-electron chi connectivity index (χ2n) is 4.07. The topological polar surface area (TPSA) is 26.3 Å². The lowest BCUT2D eigenvalue weighted by atomic mass is 9.78. The molecule has 1 aliphatic heterocycles. The molecule has 2 fully saturated rings. The van der Waals surface area contributed by atoms with E-state index in [1.165, 1.54) is 6.42 Å². The van der Waals surface area contributed by atoms with Gasteiger partial charge in [0.1, 0.15) is 5.60 Å². The van der Waals surface area contributed by atoms with Crippen molar-refractivity contribution >= 4 is 6.29 Å². The van der Waals surface area contributed by atoms with Crippen molar-refractivity contribution in [2.45, 2.75) is 50.2 Å². The van der Waals surface area contributed by atoms with Crippen molar-refractivity contribution in [1.82, 2.24) is 0 Å². The van der Waals surface area contributed by atoms with Crippen LogP contribution in [0.25, 0.3) is 0 Å². The maximum atomic E-state index is 10.6. The zero-order chi connectivity index (χ0) is 7.95. The quantitative estimate of drug-likeness (QED) is 0.537. The number of ether oxygens (including phenoxy) is 1. The zero-order valence-electron chi connectivity index (χ0n) is 6.93. The van der Waals surface area contributed by atoms with Crippen LogP contribution < -0.4 is 0 Å². The van der Waals surface area contributed by atoms with Crippen LogP contribution in [0.5, 0.6) is 0 Å². The van der Waals surface area contributed by atoms with E-state index in [0.717, 1.165) is 32.0 Å². The molecule has 0 bridgehead atoms. The number of aldehydes is 1. The Morgan fingerprint density at radius 2 is 2.00 bits per heavy atom. The second-order valence-corrected chi connectivity index (χ2v) is 4.07. The molecular weight excluding hydrogens is 140 g/mol. The van der Waals surface area contributed by atoms with E-state index in [9.17, 15) is 4.79 Å². The summed E-state index contributed by atoms with van der Waals surface area (Å²) in [5, 5.41) is 0. The van der Waals surface area contributed by atoms with Crippen LogP contribution in [-0.4, -0.2) is 17.5 Å². The fraction of sp³-hybridized carbons (Fsp3) is 0.889. The minimum absolute atomic E-state index is 0.121. The number of carbonyl (C=O) groups is 1. The summed E-state index contributed by atoms with van der Waals surface area (Å²) in [6.07, 6.45) is 6.56. The van der Waals surface area contributed by atoms with Gasteiger partial charge >= 0.3 is 0 Å². The minimum atomic E-state index is -0.458. The lowest BCUT2D eigenvalue weighted by Gasteiger charge is -2.38. The van der Waals surface area contributed by atoms with Gasteiger partial charge in [0, 0.05) is 0 Å². The van der Waals surface area contributed by atoms with Crippen LogP contribution in [0.1, 0.15) is 39.0 Å². The Hall–Kier alpha value is -0.370. The highest BCUT2D eigenvalue weighted by Crippen LogP contribution is 2.48. The molecule has 1 saturated heterocycles. The Morgan fingerprint density at radius 1 is 1.27 bits per heavy atom. The molecule has 2 heteroatoms. The molecule has 1 spiro atoms. The standard InChI is InChI=1S/C9H14O2/c1-8(7-10)5-6-9(11-8)3-2-4-9/h7H,2-6H2,1H3. The van der Waals surface area contributed by atoms with Crippen LogP contribution in [0, 0.1) is 0 Å². The Morgan fingerprint density at radius 3 is 2.27 bits per heavy atom. The van der Waals surface area contributed by atoms with Gasteiger partial charge in [0.05, 0.1) is 5.60 Å². The summed E-state index contributed by atoms with van der Waals surface area (Å²) in [4.78, 5) is 10.6. The van der Waals surface area contributed by atoms with Gasteiger partial charge in [-0.1, -0.05) is 0 Å². The average molecular weight is 154 g/mol. The van der Waals surface area contributed by atoms with Gasteiger partial charge in [0.2, 0.25) is 0 Å². The first-order valence-electron chi connectivity index (χ1n) is 4.35. The minimum Gasteiger partial charge on any atom is -0.361 e. The van der Waals surface area contributed by atoms with Gasteiger partial charge in [0.15, 0.2) is 6.29 Å². The van der Waals surface area contributed by atoms with Gasteiger partial charge in [-0.3, -0.25) is 0 Å². The van der Waals surface area contributed by atoms with Crippen molar-refractivity contribution in [3.63, 3.8) is 0 Å². The molecule has 1 atom stereocenters. The molecule has 2 nitrogen and oxygen atoms in total. The van der Waals surface area contributed by atoms with Crippen molar-refractivity contribution in [2.75, 3.05) is 0 Å². The van der Waals surface area contributed by atoms with Crippen LogP contribution in [0.4, 0.5) is 0 Å². The third-order valence-electron chi connectivity index (χ3n) is 3.04. The van der Waals surface area contributed by atoms with Crippen molar-refractivity contribution in [1.29, 1.82) is 0 Å². The SMILES string of the molecule is CC1(C=O)CCC2(CCC2)O1. The summed E-state index contributed by atoms with van der Waals surface area (Å²) in [7, 11) is 0. The average Bonchev–Trinajstić information content (AvgIpc) is 2.29. The van der Waals surface area contributed by atoms with Gasteiger partial charge in [-0.25, -0.2) is 0 Å². The Labute approximate surface area is 66.9 Å². The molecule has 1 heterocycles. The third-order valence-corrected chi connectivity index (χ3v) is 3.04. The predicted octanol–water partition coefficient (Wildman–Crippen LogP) is 1.68.